The topological polar surface area (TPSA) is 58.4 Å². The van der Waals surface area contributed by atoms with E-state index in [1.54, 1.807) is 0 Å². The maximum Gasteiger partial charge on any atom is 0.224 e. The Hall–Kier alpha value is -0.490. The second-order valence-corrected chi connectivity index (χ2v) is 8.54. The van der Waals surface area contributed by atoms with Gasteiger partial charge in [0.15, 0.2) is 0 Å². The van der Waals surface area contributed by atoms with Crippen molar-refractivity contribution >= 4 is 52.3 Å². The number of amides is 1. The molecular weight excluding hydrogens is 437 g/mol. The number of carbonyl (C=O) groups is 1. The van der Waals surface area contributed by atoms with Crippen LogP contribution in [0.5, 0.6) is 0 Å². The van der Waals surface area contributed by atoms with Crippen LogP contribution in [0.25, 0.3) is 0 Å². The minimum absolute atomic E-state index is 0. The van der Waals surface area contributed by atoms with Gasteiger partial charge in [0.2, 0.25) is 5.91 Å². The molecule has 26 heavy (non-hydrogen) atoms. The highest BCUT2D eigenvalue weighted by molar-refractivity contribution is 9.10. The summed E-state index contributed by atoms with van der Waals surface area (Å²) >= 11 is 3.48. The molecule has 0 radical (unpaired) electrons. The minimum Gasteiger partial charge on any atom is -0.371 e. The van der Waals surface area contributed by atoms with Gasteiger partial charge >= 0.3 is 0 Å². The standard InChI is InChI=1S/C19H28BrN3O.2ClH/c1-19(21)10-3-2-4-17(19)18(24)22-12-14-9-11-23(13-14)16-7-5-15(20)6-8-16;;/h5-8,14,17H,2-4,9-13,21H2,1H3,(H,22,24);2*1H. The van der Waals surface area contributed by atoms with E-state index < -0.39 is 0 Å². The van der Waals surface area contributed by atoms with Crippen LogP contribution < -0.4 is 16.0 Å². The lowest BCUT2D eigenvalue weighted by molar-refractivity contribution is -0.128. The summed E-state index contributed by atoms with van der Waals surface area (Å²) in [6, 6.07) is 8.45. The summed E-state index contributed by atoms with van der Waals surface area (Å²) in [5, 5.41) is 3.18. The zero-order valence-electron chi connectivity index (χ0n) is 15.2. The van der Waals surface area contributed by atoms with Crippen LogP contribution in [0.2, 0.25) is 0 Å². The molecule has 3 atom stereocenters. The van der Waals surface area contributed by atoms with Crippen molar-refractivity contribution in [2.24, 2.45) is 17.6 Å². The van der Waals surface area contributed by atoms with Gasteiger partial charge in [-0.25, -0.2) is 0 Å². The summed E-state index contributed by atoms with van der Waals surface area (Å²) in [6.45, 7) is 4.85. The third-order valence-corrected chi connectivity index (χ3v) is 6.14. The summed E-state index contributed by atoms with van der Waals surface area (Å²) in [6.07, 6.45) is 5.26. The third-order valence-electron chi connectivity index (χ3n) is 5.61. The van der Waals surface area contributed by atoms with Crippen LogP contribution in [0.1, 0.15) is 39.0 Å². The Balaban J connectivity index is 0.00000169. The molecule has 1 aliphatic heterocycles. The van der Waals surface area contributed by atoms with E-state index in [9.17, 15) is 4.79 Å². The van der Waals surface area contributed by atoms with Crippen molar-refractivity contribution in [3.63, 3.8) is 0 Å². The molecule has 3 rings (SSSR count). The van der Waals surface area contributed by atoms with E-state index in [-0.39, 0.29) is 42.2 Å². The number of benzene rings is 1. The Bertz CT molecular complexity index is 583. The van der Waals surface area contributed by atoms with E-state index >= 15 is 0 Å². The average molecular weight is 467 g/mol. The van der Waals surface area contributed by atoms with Crippen molar-refractivity contribution in [3.8, 4) is 0 Å². The third kappa shape index (κ3) is 5.75. The summed E-state index contributed by atoms with van der Waals surface area (Å²) in [4.78, 5) is 14.9. The van der Waals surface area contributed by atoms with Gasteiger partial charge in [0.05, 0.1) is 5.92 Å². The van der Waals surface area contributed by atoms with Crippen molar-refractivity contribution in [3.05, 3.63) is 28.7 Å². The molecule has 3 unspecified atom stereocenters. The van der Waals surface area contributed by atoms with Gasteiger partial charge in [-0.15, -0.1) is 24.8 Å². The predicted octanol–water partition coefficient (Wildman–Crippen LogP) is 4.14. The zero-order chi connectivity index (χ0) is 17.2. The lowest BCUT2D eigenvalue weighted by Gasteiger charge is -2.37. The molecule has 4 nitrogen and oxygen atoms in total. The van der Waals surface area contributed by atoms with Gasteiger partial charge in [-0.3, -0.25) is 4.79 Å². The minimum atomic E-state index is -0.346. The molecular formula is C19H30BrCl2N3O. The fourth-order valence-corrected chi connectivity index (χ4v) is 4.31. The van der Waals surface area contributed by atoms with Crippen molar-refractivity contribution in [2.45, 2.75) is 44.6 Å². The molecule has 1 heterocycles. The first-order valence-corrected chi connectivity index (χ1v) is 9.82. The van der Waals surface area contributed by atoms with E-state index in [4.69, 9.17) is 5.73 Å². The van der Waals surface area contributed by atoms with Gasteiger partial charge in [0.25, 0.3) is 0 Å². The van der Waals surface area contributed by atoms with Crippen LogP contribution in [-0.4, -0.2) is 31.1 Å². The van der Waals surface area contributed by atoms with Gasteiger partial charge in [0, 0.05) is 35.3 Å². The smallest absolute Gasteiger partial charge is 0.224 e. The molecule has 0 bridgehead atoms. The summed E-state index contributed by atoms with van der Waals surface area (Å²) in [5.41, 5.74) is 7.26. The van der Waals surface area contributed by atoms with E-state index in [2.05, 4.69) is 50.4 Å². The van der Waals surface area contributed by atoms with E-state index in [1.807, 2.05) is 6.92 Å². The number of anilines is 1. The fraction of sp³-hybridized carbons (Fsp3) is 0.632. The van der Waals surface area contributed by atoms with Gasteiger partial charge in [-0.1, -0.05) is 28.8 Å². The first-order chi connectivity index (χ1) is 11.5. The van der Waals surface area contributed by atoms with Crippen molar-refractivity contribution in [1.29, 1.82) is 0 Å². The Morgan fingerprint density at radius 1 is 1.27 bits per heavy atom. The normalized spacial score (nSPS) is 28.0. The molecule has 2 fully saturated rings. The van der Waals surface area contributed by atoms with Crippen LogP contribution in [-0.2, 0) is 4.79 Å². The molecule has 0 aromatic heterocycles. The molecule has 1 aromatic carbocycles. The molecule has 1 amide bonds. The van der Waals surface area contributed by atoms with Crippen LogP contribution in [0, 0.1) is 11.8 Å². The number of nitrogens with two attached hydrogens (primary N) is 1. The summed E-state index contributed by atoms with van der Waals surface area (Å²) in [5.74, 6) is 0.641. The van der Waals surface area contributed by atoms with E-state index in [0.29, 0.717) is 5.92 Å². The zero-order valence-corrected chi connectivity index (χ0v) is 18.5. The number of hydrogen-bond donors (Lipinski definition) is 2. The fourth-order valence-electron chi connectivity index (χ4n) is 4.04. The highest BCUT2D eigenvalue weighted by atomic mass is 79.9. The van der Waals surface area contributed by atoms with Gasteiger partial charge in [-0.05, 0) is 56.4 Å². The van der Waals surface area contributed by atoms with Crippen LogP contribution in [0.3, 0.4) is 0 Å². The number of hydrogen-bond acceptors (Lipinski definition) is 3. The predicted molar refractivity (Wildman–Crippen MR) is 117 cm³/mol. The SMILES string of the molecule is CC1(N)CCCCC1C(=O)NCC1CCN(c2ccc(Br)cc2)C1.Cl.Cl. The molecule has 148 valence electrons. The number of halogens is 3. The first-order valence-electron chi connectivity index (χ1n) is 9.03. The Morgan fingerprint density at radius 2 is 1.96 bits per heavy atom. The number of nitrogens with zero attached hydrogens (tertiary/aromatic N) is 1. The van der Waals surface area contributed by atoms with Crippen LogP contribution >= 0.6 is 40.7 Å². The maximum atomic E-state index is 12.5. The number of nitrogens with one attached hydrogen (secondary N) is 1. The molecule has 1 aromatic rings. The lowest BCUT2D eigenvalue weighted by atomic mass is 9.74. The lowest BCUT2D eigenvalue weighted by Crippen LogP contribution is -2.53. The van der Waals surface area contributed by atoms with Crippen LogP contribution in [0.15, 0.2) is 28.7 Å². The van der Waals surface area contributed by atoms with Crippen molar-refractivity contribution in [2.75, 3.05) is 24.5 Å². The van der Waals surface area contributed by atoms with Crippen molar-refractivity contribution < 1.29 is 4.79 Å². The molecule has 2 aliphatic rings. The number of carbonyl (C=O) groups excluding carboxylic acids is 1. The maximum absolute atomic E-state index is 12.5. The molecule has 3 N–H and O–H groups in total. The van der Waals surface area contributed by atoms with Crippen molar-refractivity contribution in [1.82, 2.24) is 5.32 Å². The molecule has 1 aliphatic carbocycles. The monoisotopic (exact) mass is 465 g/mol. The molecule has 1 saturated carbocycles. The largest absolute Gasteiger partial charge is 0.371 e. The van der Waals surface area contributed by atoms with Gasteiger partial charge < -0.3 is 16.0 Å². The highest BCUT2D eigenvalue weighted by Crippen LogP contribution is 2.32. The van der Waals surface area contributed by atoms with E-state index in [0.717, 1.165) is 56.2 Å². The Morgan fingerprint density at radius 3 is 2.62 bits per heavy atom. The quantitative estimate of drug-likeness (QED) is 0.700. The summed E-state index contributed by atoms with van der Waals surface area (Å²) < 4.78 is 1.10. The van der Waals surface area contributed by atoms with Gasteiger partial charge in [-0.2, -0.15) is 0 Å². The first kappa shape index (κ1) is 23.5. The molecule has 7 heteroatoms. The summed E-state index contributed by atoms with van der Waals surface area (Å²) in [7, 11) is 0. The molecule has 0 spiro atoms. The average Bonchev–Trinajstić information content (AvgIpc) is 3.02. The highest BCUT2D eigenvalue weighted by Gasteiger charge is 2.38. The Labute approximate surface area is 177 Å². The molecule has 1 saturated heterocycles. The Kier molecular flexibility index (Phi) is 9.21. The van der Waals surface area contributed by atoms with Gasteiger partial charge in [0.1, 0.15) is 0 Å². The second kappa shape index (κ2) is 10.2. The second-order valence-electron chi connectivity index (χ2n) is 7.63. The number of rotatable bonds is 4. The van der Waals surface area contributed by atoms with Crippen LogP contribution in [0.4, 0.5) is 5.69 Å². The van der Waals surface area contributed by atoms with E-state index in [1.165, 1.54) is 5.69 Å².